The SMILES string of the molecule is CCCCOP(=O)(CCCC)OCCCC. The Morgan fingerprint density at radius 1 is 0.812 bits per heavy atom. The van der Waals surface area contributed by atoms with Crippen LogP contribution in [-0.2, 0) is 13.6 Å². The first kappa shape index (κ1) is 16.1. The van der Waals surface area contributed by atoms with Crippen molar-refractivity contribution in [2.24, 2.45) is 0 Å². The molecule has 0 aromatic heterocycles. The van der Waals surface area contributed by atoms with Crippen molar-refractivity contribution in [3.63, 3.8) is 0 Å². The fourth-order valence-electron chi connectivity index (χ4n) is 1.21. The molecule has 0 atom stereocenters. The Balaban J connectivity index is 3.97. The van der Waals surface area contributed by atoms with Crippen LogP contribution in [0.5, 0.6) is 0 Å². The molecule has 0 rings (SSSR count). The third-order valence-electron chi connectivity index (χ3n) is 2.36. The first-order valence-electron chi connectivity index (χ1n) is 6.56. The van der Waals surface area contributed by atoms with Gasteiger partial charge in [-0.15, -0.1) is 0 Å². The molecule has 0 unspecified atom stereocenters. The van der Waals surface area contributed by atoms with Gasteiger partial charge in [-0.1, -0.05) is 40.0 Å². The van der Waals surface area contributed by atoms with E-state index < -0.39 is 7.60 Å². The molecule has 4 heteroatoms. The van der Waals surface area contributed by atoms with Crippen molar-refractivity contribution in [1.82, 2.24) is 0 Å². The number of hydrogen-bond donors (Lipinski definition) is 0. The van der Waals surface area contributed by atoms with Crippen molar-refractivity contribution in [3.8, 4) is 0 Å². The van der Waals surface area contributed by atoms with Crippen molar-refractivity contribution in [2.75, 3.05) is 19.4 Å². The van der Waals surface area contributed by atoms with E-state index in [2.05, 4.69) is 20.8 Å². The van der Waals surface area contributed by atoms with E-state index in [4.69, 9.17) is 9.05 Å². The van der Waals surface area contributed by atoms with E-state index in [-0.39, 0.29) is 0 Å². The number of unbranched alkanes of at least 4 members (excludes halogenated alkanes) is 3. The lowest BCUT2D eigenvalue weighted by atomic mass is 10.4. The molecule has 0 aromatic rings. The summed E-state index contributed by atoms with van der Waals surface area (Å²) in [5, 5.41) is 0. The molecule has 0 aromatic carbocycles. The zero-order valence-corrected chi connectivity index (χ0v) is 11.9. The van der Waals surface area contributed by atoms with Crippen molar-refractivity contribution in [3.05, 3.63) is 0 Å². The van der Waals surface area contributed by atoms with Gasteiger partial charge in [-0.2, -0.15) is 0 Å². The second kappa shape index (κ2) is 10.3. The van der Waals surface area contributed by atoms with Crippen LogP contribution in [0, 0.1) is 0 Å². The lowest BCUT2D eigenvalue weighted by Crippen LogP contribution is -2.03. The molecule has 0 N–H and O–H groups in total. The van der Waals surface area contributed by atoms with Crippen molar-refractivity contribution in [1.29, 1.82) is 0 Å². The molecular weight excluding hydrogens is 223 g/mol. The molecule has 0 saturated carbocycles. The number of hydrogen-bond acceptors (Lipinski definition) is 3. The molecule has 0 aliphatic rings. The summed E-state index contributed by atoms with van der Waals surface area (Å²) in [6.07, 6.45) is 6.52. The van der Waals surface area contributed by atoms with Gasteiger partial charge in [0.2, 0.25) is 0 Å². The summed E-state index contributed by atoms with van der Waals surface area (Å²) in [7, 11) is -2.80. The van der Waals surface area contributed by atoms with Crippen LogP contribution < -0.4 is 0 Å². The van der Waals surface area contributed by atoms with E-state index >= 15 is 0 Å². The summed E-state index contributed by atoms with van der Waals surface area (Å²) >= 11 is 0. The fourth-order valence-corrected chi connectivity index (χ4v) is 3.06. The molecule has 0 heterocycles. The number of rotatable bonds is 11. The maximum Gasteiger partial charge on any atom is 0.330 e. The minimum Gasteiger partial charge on any atom is -0.309 e. The minimum absolute atomic E-state index is 0.559. The molecular formula is C12H27O3P. The average Bonchev–Trinajstić information content (AvgIpc) is 2.27. The highest BCUT2D eigenvalue weighted by Gasteiger charge is 2.23. The van der Waals surface area contributed by atoms with E-state index in [0.29, 0.717) is 19.4 Å². The predicted molar refractivity (Wildman–Crippen MR) is 69.1 cm³/mol. The lowest BCUT2D eigenvalue weighted by Gasteiger charge is -2.18. The van der Waals surface area contributed by atoms with Crippen LogP contribution in [0.25, 0.3) is 0 Å². The molecule has 16 heavy (non-hydrogen) atoms. The lowest BCUT2D eigenvalue weighted by molar-refractivity contribution is 0.199. The molecule has 0 saturated heterocycles. The summed E-state index contributed by atoms with van der Waals surface area (Å²) < 4.78 is 23.2. The molecule has 98 valence electrons. The van der Waals surface area contributed by atoms with E-state index in [0.717, 1.165) is 38.5 Å². The highest BCUT2D eigenvalue weighted by molar-refractivity contribution is 7.53. The third-order valence-corrected chi connectivity index (χ3v) is 4.37. The second-order valence-electron chi connectivity index (χ2n) is 4.06. The first-order valence-corrected chi connectivity index (χ1v) is 8.29. The van der Waals surface area contributed by atoms with Crippen LogP contribution in [-0.4, -0.2) is 19.4 Å². The zero-order valence-electron chi connectivity index (χ0n) is 11.0. The van der Waals surface area contributed by atoms with Crippen LogP contribution in [0.1, 0.15) is 59.3 Å². The summed E-state index contributed by atoms with van der Waals surface area (Å²) in [6.45, 7) is 7.40. The minimum atomic E-state index is -2.80. The van der Waals surface area contributed by atoms with E-state index in [1.807, 2.05) is 0 Å². The monoisotopic (exact) mass is 250 g/mol. The summed E-state index contributed by atoms with van der Waals surface area (Å²) in [6, 6.07) is 0. The van der Waals surface area contributed by atoms with Gasteiger partial charge < -0.3 is 9.05 Å². The van der Waals surface area contributed by atoms with Crippen LogP contribution >= 0.6 is 7.60 Å². The topological polar surface area (TPSA) is 35.5 Å². The smallest absolute Gasteiger partial charge is 0.309 e. The Labute approximate surface area is 100 Å². The molecule has 0 spiro atoms. The van der Waals surface area contributed by atoms with Gasteiger partial charge in [0.15, 0.2) is 0 Å². The third kappa shape index (κ3) is 8.32. The van der Waals surface area contributed by atoms with Gasteiger partial charge >= 0.3 is 7.60 Å². The Hall–Kier alpha value is 0.150. The normalized spacial score (nSPS) is 11.9. The highest BCUT2D eigenvalue weighted by Crippen LogP contribution is 2.49. The Kier molecular flexibility index (Phi) is 10.4. The Morgan fingerprint density at radius 2 is 1.25 bits per heavy atom. The summed E-state index contributed by atoms with van der Waals surface area (Å²) in [4.78, 5) is 0. The van der Waals surface area contributed by atoms with Gasteiger partial charge in [-0.25, -0.2) is 0 Å². The molecule has 0 aliphatic carbocycles. The van der Waals surface area contributed by atoms with Crippen molar-refractivity contribution in [2.45, 2.75) is 59.3 Å². The van der Waals surface area contributed by atoms with Crippen LogP contribution in [0.15, 0.2) is 0 Å². The van der Waals surface area contributed by atoms with E-state index in [9.17, 15) is 4.57 Å². The van der Waals surface area contributed by atoms with Crippen LogP contribution in [0.3, 0.4) is 0 Å². The van der Waals surface area contributed by atoms with Gasteiger partial charge in [0, 0.05) is 0 Å². The Morgan fingerprint density at radius 3 is 1.62 bits per heavy atom. The molecule has 3 nitrogen and oxygen atoms in total. The van der Waals surface area contributed by atoms with Crippen molar-refractivity contribution < 1.29 is 13.6 Å². The van der Waals surface area contributed by atoms with Gasteiger partial charge in [0.1, 0.15) is 0 Å². The second-order valence-corrected chi connectivity index (χ2v) is 6.25. The van der Waals surface area contributed by atoms with Crippen LogP contribution in [0.2, 0.25) is 0 Å². The van der Waals surface area contributed by atoms with E-state index in [1.54, 1.807) is 0 Å². The quantitative estimate of drug-likeness (QED) is 0.396. The predicted octanol–water partition coefficient (Wildman–Crippen LogP) is 4.61. The van der Waals surface area contributed by atoms with Gasteiger partial charge in [0.25, 0.3) is 0 Å². The van der Waals surface area contributed by atoms with Crippen molar-refractivity contribution >= 4 is 7.60 Å². The maximum atomic E-state index is 12.3. The fraction of sp³-hybridized carbons (Fsp3) is 1.00. The standard InChI is InChI=1S/C12H27O3P/c1-4-7-10-14-16(13,12-9-6-3)15-11-8-5-2/h4-12H2,1-3H3. The van der Waals surface area contributed by atoms with Gasteiger partial charge in [-0.3, -0.25) is 4.57 Å². The molecule has 0 aliphatic heterocycles. The summed E-state index contributed by atoms with van der Waals surface area (Å²) in [5.41, 5.74) is 0. The molecule has 0 bridgehead atoms. The van der Waals surface area contributed by atoms with Gasteiger partial charge in [-0.05, 0) is 19.3 Å². The first-order chi connectivity index (χ1) is 7.68. The van der Waals surface area contributed by atoms with Gasteiger partial charge in [0.05, 0.1) is 19.4 Å². The van der Waals surface area contributed by atoms with E-state index in [1.165, 1.54) is 0 Å². The highest BCUT2D eigenvalue weighted by atomic mass is 31.2. The van der Waals surface area contributed by atoms with Crippen LogP contribution in [0.4, 0.5) is 0 Å². The molecule has 0 amide bonds. The zero-order chi connectivity index (χ0) is 12.3. The summed E-state index contributed by atoms with van der Waals surface area (Å²) in [5.74, 6) is 0. The molecule has 0 fully saturated rings. The maximum absolute atomic E-state index is 12.3. The largest absolute Gasteiger partial charge is 0.330 e. The molecule has 0 radical (unpaired) electrons. The average molecular weight is 250 g/mol. The Bertz CT molecular complexity index is 181.